The van der Waals surface area contributed by atoms with Crippen molar-refractivity contribution in [1.82, 2.24) is 5.32 Å². The minimum absolute atomic E-state index is 0.0262. The summed E-state index contributed by atoms with van der Waals surface area (Å²) in [6.07, 6.45) is 0.0628. The third-order valence-electron chi connectivity index (χ3n) is 3.20. The van der Waals surface area contributed by atoms with E-state index in [1.807, 2.05) is 6.92 Å². The van der Waals surface area contributed by atoms with E-state index in [9.17, 15) is 13.2 Å². The third kappa shape index (κ3) is 3.20. The topological polar surface area (TPSA) is 12.0 Å². The van der Waals surface area contributed by atoms with Crippen LogP contribution in [0, 0.1) is 17.5 Å². The van der Waals surface area contributed by atoms with Crippen LogP contribution in [0.2, 0.25) is 0 Å². The van der Waals surface area contributed by atoms with Crippen LogP contribution < -0.4 is 5.32 Å². The second-order valence-corrected chi connectivity index (χ2v) is 4.54. The first-order valence-corrected chi connectivity index (χ1v) is 6.54. The van der Waals surface area contributed by atoms with Crippen LogP contribution in [0.3, 0.4) is 0 Å². The molecule has 1 unspecified atom stereocenters. The first-order valence-electron chi connectivity index (χ1n) is 6.54. The molecule has 0 saturated heterocycles. The summed E-state index contributed by atoms with van der Waals surface area (Å²) >= 11 is 0. The summed E-state index contributed by atoms with van der Waals surface area (Å²) in [7, 11) is 0. The lowest BCUT2D eigenvalue weighted by atomic mass is 9.97. The normalized spacial score (nSPS) is 12.4. The Hall–Kier alpha value is -1.81. The van der Waals surface area contributed by atoms with E-state index in [1.165, 1.54) is 24.3 Å². The van der Waals surface area contributed by atoms with Crippen molar-refractivity contribution in [3.05, 3.63) is 71.0 Å². The fourth-order valence-electron chi connectivity index (χ4n) is 2.23. The van der Waals surface area contributed by atoms with Gasteiger partial charge in [-0.2, -0.15) is 0 Å². The minimum Gasteiger partial charge on any atom is -0.310 e. The maximum absolute atomic E-state index is 13.8. The van der Waals surface area contributed by atoms with Gasteiger partial charge >= 0.3 is 0 Å². The van der Waals surface area contributed by atoms with E-state index in [0.29, 0.717) is 12.1 Å². The van der Waals surface area contributed by atoms with Crippen LogP contribution in [0.15, 0.2) is 42.5 Å². The monoisotopic (exact) mass is 279 g/mol. The highest BCUT2D eigenvalue weighted by Gasteiger charge is 2.19. The van der Waals surface area contributed by atoms with Gasteiger partial charge in [0.15, 0.2) is 0 Å². The highest BCUT2D eigenvalue weighted by atomic mass is 19.1. The molecule has 0 aliphatic carbocycles. The predicted molar refractivity (Wildman–Crippen MR) is 72.9 cm³/mol. The molecule has 4 heteroatoms. The molecular formula is C16H16F3N. The summed E-state index contributed by atoms with van der Waals surface area (Å²) in [4.78, 5) is 0. The zero-order valence-corrected chi connectivity index (χ0v) is 11.2. The SMILES string of the molecule is CCNC(Cc1c(F)cccc1F)c1ccccc1F. The molecule has 1 nitrogen and oxygen atoms in total. The lowest BCUT2D eigenvalue weighted by molar-refractivity contribution is 0.480. The van der Waals surface area contributed by atoms with Crippen molar-refractivity contribution in [2.24, 2.45) is 0 Å². The van der Waals surface area contributed by atoms with E-state index < -0.39 is 17.7 Å². The van der Waals surface area contributed by atoms with Crippen LogP contribution in [0.1, 0.15) is 24.1 Å². The number of halogens is 3. The zero-order chi connectivity index (χ0) is 14.5. The van der Waals surface area contributed by atoms with Gasteiger partial charge in [-0.3, -0.25) is 0 Å². The number of nitrogens with one attached hydrogen (secondary N) is 1. The van der Waals surface area contributed by atoms with Crippen molar-refractivity contribution in [2.45, 2.75) is 19.4 Å². The van der Waals surface area contributed by atoms with Gasteiger partial charge in [-0.25, -0.2) is 13.2 Å². The molecule has 0 bridgehead atoms. The Kier molecular flexibility index (Phi) is 4.79. The predicted octanol–water partition coefficient (Wildman–Crippen LogP) is 4.00. The van der Waals surface area contributed by atoms with Crippen LogP contribution in [0.4, 0.5) is 13.2 Å². The fraction of sp³-hybridized carbons (Fsp3) is 0.250. The molecule has 2 rings (SSSR count). The van der Waals surface area contributed by atoms with Crippen molar-refractivity contribution < 1.29 is 13.2 Å². The average Bonchev–Trinajstić information content (AvgIpc) is 2.43. The van der Waals surface area contributed by atoms with Crippen LogP contribution in [0.5, 0.6) is 0 Å². The number of benzene rings is 2. The zero-order valence-electron chi connectivity index (χ0n) is 11.2. The van der Waals surface area contributed by atoms with Gasteiger partial charge in [0.2, 0.25) is 0 Å². The number of hydrogen-bond acceptors (Lipinski definition) is 1. The molecule has 0 aliphatic heterocycles. The first-order chi connectivity index (χ1) is 9.63. The van der Waals surface area contributed by atoms with Crippen molar-refractivity contribution in [2.75, 3.05) is 6.54 Å². The largest absolute Gasteiger partial charge is 0.310 e. The molecular weight excluding hydrogens is 263 g/mol. The molecule has 20 heavy (non-hydrogen) atoms. The quantitative estimate of drug-likeness (QED) is 0.872. The smallest absolute Gasteiger partial charge is 0.129 e. The molecule has 1 atom stereocenters. The molecule has 0 radical (unpaired) electrons. The van der Waals surface area contributed by atoms with Gasteiger partial charge in [-0.05, 0) is 31.2 Å². The molecule has 0 spiro atoms. The van der Waals surface area contributed by atoms with E-state index in [1.54, 1.807) is 18.2 Å². The van der Waals surface area contributed by atoms with E-state index in [4.69, 9.17) is 0 Å². The van der Waals surface area contributed by atoms with Crippen molar-refractivity contribution in [3.63, 3.8) is 0 Å². The van der Waals surface area contributed by atoms with Crippen molar-refractivity contribution in [3.8, 4) is 0 Å². The van der Waals surface area contributed by atoms with Crippen molar-refractivity contribution >= 4 is 0 Å². The number of rotatable bonds is 5. The van der Waals surface area contributed by atoms with Gasteiger partial charge in [-0.15, -0.1) is 0 Å². The lowest BCUT2D eigenvalue weighted by Crippen LogP contribution is -2.24. The maximum atomic E-state index is 13.8. The Morgan fingerprint density at radius 3 is 2.10 bits per heavy atom. The standard InChI is InChI=1S/C16H16F3N/c1-2-20-16(11-6-3-4-7-13(11)17)10-12-14(18)8-5-9-15(12)19/h3-9,16,20H,2,10H2,1H3. The molecule has 106 valence electrons. The van der Waals surface area contributed by atoms with E-state index in [-0.39, 0.29) is 17.8 Å². The van der Waals surface area contributed by atoms with Gasteiger partial charge in [0.05, 0.1) is 0 Å². The van der Waals surface area contributed by atoms with Gasteiger partial charge < -0.3 is 5.32 Å². The summed E-state index contributed by atoms with van der Waals surface area (Å²) in [5.74, 6) is -1.59. The molecule has 1 N–H and O–H groups in total. The first kappa shape index (κ1) is 14.6. The molecule has 2 aromatic carbocycles. The fourth-order valence-corrected chi connectivity index (χ4v) is 2.23. The molecule has 0 aromatic heterocycles. The molecule has 0 aliphatic rings. The van der Waals surface area contributed by atoms with Crippen LogP contribution in [-0.2, 0) is 6.42 Å². The number of likely N-dealkylation sites (N-methyl/N-ethyl adjacent to an activating group) is 1. The maximum Gasteiger partial charge on any atom is 0.129 e. The summed E-state index contributed by atoms with van der Waals surface area (Å²) < 4.78 is 41.3. The molecule has 2 aromatic rings. The van der Waals surface area contributed by atoms with Crippen LogP contribution in [0.25, 0.3) is 0 Å². The lowest BCUT2D eigenvalue weighted by Gasteiger charge is -2.19. The van der Waals surface area contributed by atoms with E-state index in [2.05, 4.69) is 5.32 Å². The summed E-state index contributed by atoms with van der Waals surface area (Å²) in [6.45, 7) is 2.45. The Morgan fingerprint density at radius 1 is 0.900 bits per heavy atom. The minimum atomic E-state index is -0.607. The second-order valence-electron chi connectivity index (χ2n) is 4.54. The Labute approximate surface area is 116 Å². The summed E-state index contributed by atoms with van der Waals surface area (Å²) in [5.41, 5.74) is 0.388. The Bertz CT molecular complexity index is 563. The highest BCUT2D eigenvalue weighted by molar-refractivity contribution is 5.26. The number of hydrogen-bond donors (Lipinski definition) is 1. The van der Waals surface area contributed by atoms with Crippen LogP contribution in [-0.4, -0.2) is 6.54 Å². The summed E-state index contributed by atoms with van der Waals surface area (Å²) in [6, 6.07) is 9.54. The molecule has 0 fully saturated rings. The molecule has 0 amide bonds. The third-order valence-corrected chi connectivity index (χ3v) is 3.20. The molecule has 0 heterocycles. The highest BCUT2D eigenvalue weighted by Crippen LogP contribution is 2.24. The van der Waals surface area contributed by atoms with Crippen molar-refractivity contribution in [1.29, 1.82) is 0 Å². The Morgan fingerprint density at radius 2 is 1.50 bits per heavy atom. The van der Waals surface area contributed by atoms with E-state index >= 15 is 0 Å². The van der Waals surface area contributed by atoms with Gasteiger partial charge in [-0.1, -0.05) is 31.2 Å². The van der Waals surface area contributed by atoms with E-state index in [0.717, 1.165) is 0 Å². The Balaban J connectivity index is 2.33. The van der Waals surface area contributed by atoms with Gasteiger partial charge in [0.1, 0.15) is 17.5 Å². The van der Waals surface area contributed by atoms with Gasteiger partial charge in [0, 0.05) is 17.2 Å². The molecule has 0 saturated carbocycles. The van der Waals surface area contributed by atoms with Crippen LogP contribution >= 0.6 is 0 Å². The van der Waals surface area contributed by atoms with Gasteiger partial charge in [0.25, 0.3) is 0 Å². The average molecular weight is 279 g/mol. The second kappa shape index (κ2) is 6.57. The summed E-state index contributed by atoms with van der Waals surface area (Å²) in [5, 5.41) is 3.07.